The molecule has 0 saturated heterocycles. The Labute approximate surface area is 279 Å². The molecule has 0 fully saturated rings. The van der Waals surface area contributed by atoms with Crippen molar-refractivity contribution in [2.75, 3.05) is 54.4 Å². The summed E-state index contributed by atoms with van der Waals surface area (Å²) >= 11 is 0. The maximum Gasteiger partial charge on any atom is 0.306 e. The van der Waals surface area contributed by atoms with Crippen LogP contribution in [-0.4, -0.2) is 87.9 Å². The quantitative estimate of drug-likeness (QED) is 0.169. The minimum absolute atomic E-state index is 0.0360. The van der Waals surface area contributed by atoms with Gasteiger partial charge in [0.15, 0.2) is 28.8 Å². The minimum Gasteiger partial charge on any atom is -0.493 e. The van der Waals surface area contributed by atoms with Crippen molar-refractivity contribution in [3.8, 4) is 23.0 Å². The summed E-state index contributed by atoms with van der Waals surface area (Å²) in [6, 6.07) is 5.35. The number of esters is 2. The number of hydrogen-bond acceptors (Lipinski definition) is 11. The van der Waals surface area contributed by atoms with E-state index in [1.54, 1.807) is 17.9 Å². The van der Waals surface area contributed by atoms with Gasteiger partial charge in [-0.2, -0.15) is 0 Å². The number of hydrogen-bond donors (Lipinski definition) is 0. The predicted molar refractivity (Wildman–Crippen MR) is 168 cm³/mol. The van der Waals surface area contributed by atoms with Gasteiger partial charge in [0.1, 0.15) is 6.61 Å². The lowest BCUT2D eigenvalue weighted by molar-refractivity contribution is -0.147. The number of halogens is 1. The van der Waals surface area contributed by atoms with Crippen LogP contribution in [-0.2, 0) is 59.6 Å². The van der Waals surface area contributed by atoms with E-state index in [1.165, 1.54) is 26.2 Å². The molecule has 0 N–H and O–H groups in total. The molecular weight excluding hydrogens is 631 g/mol. The second kappa shape index (κ2) is 17.5. The van der Waals surface area contributed by atoms with Crippen LogP contribution in [0, 0.1) is 5.82 Å². The van der Waals surface area contributed by atoms with Crippen LogP contribution in [0.3, 0.4) is 0 Å². The van der Waals surface area contributed by atoms with Crippen molar-refractivity contribution >= 4 is 23.8 Å². The largest absolute Gasteiger partial charge is 0.493 e. The number of fused-ring (bicyclic) bond motifs is 2. The highest BCUT2D eigenvalue weighted by atomic mass is 19.1. The number of amides is 2. The molecule has 14 heteroatoms. The summed E-state index contributed by atoms with van der Waals surface area (Å²) in [6.45, 7) is 3.79. The molecule has 2 amide bonds. The van der Waals surface area contributed by atoms with Gasteiger partial charge in [0.05, 0.1) is 53.5 Å². The summed E-state index contributed by atoms with van der Waals surface area (Å²) in [4.78, 5) is 52.0. The number of methoxy groups -OCH3 is 3. The third kappa shape index (κ3) is 9.27. The van der Waals surface area contributed by atoms with E-state index in [-0.39, 0.29) is 95.1 Å². The molecule has 0 radical (unpaired) electrons. The summed E-state index contributed by atoms with van der Waals surface area (Å²) in [5.41, 5.74) is 2.81. The highest BCUT2D eigenvalue weighted by molar-refractivity contribution is 5.82. The standard InChI is InChI=1S/C34H43FN2O11/c1-5-45-31(40)9-7-29(38)36-18-22-15-26(43-3)27(16-23(22)19-36)46-11-6-12-48-34-28(44-4)17-24-20-37(21-25(24)33(34)35)30(39)8-10-32(41)47-14-13-42-2/h15-17H,5-14,18-21H2,1-4H3. The fraction of sp³-hybridized carbons (Fsp3) is 0.529. The molecule has 2 aliphatic heterocycles. The second-order valence-electron chi connectivity index (χ2n) is 11.2. The third-order valence-corrected chi connectivity index (χ3v) is 7.96. The van der Waals surface area contributed by atoms with Crippen LogP contribution < -0.4 is 18.9 Å². The lowest BCUT2D eigenvalue weighted by atomic mass is 10.1. The van der Waals surface area contributed by atoms with Gasteiger partial charge in [0, 0.05) is 58.1 Å². The monoisotopic (exact) mass is 674 g/mol. The van der Waals surface area contributed by atoms with E-state index >= 15 is 4.39 Å². The average molecular weight is 675 g/mol. The Bertz CT molecular complexity index is 1480. The van der Waals surface area contributed by atoms with Gasteiger partial charge in [-0.1, -0.05) is 0 Å². The zero-order valence-electron chi connectivity index (χ0n) is 27.9. The molecule has 0 atom stereocenters. The van der Waals surface area contributed by atoms with E-state index in [1.807, 2.05) is 12.1 Å². The fourth-order valence-electron chi connectivity index (χ4n) is 5.47. The predicted octanol–water partition coefficient (Wildman–Crippen LogP) is 3.69. The third-order valence-electron chi connectivity index (χ3n) is 7.96. The molecule has 2 heterocycles. The number of carbonyl (C=O) groups excluding carboxylic acids is 4. The fourth-order valence-corrected chi connectivity index (χ4v) is 5.47. The zero-order valence-corrected chi connectivity index (χ0v) is 27.9. The summed E-state index contributed by atoms with van der Waals surface area (Å²) in [7, 11) is 4.44. The van der Waals surface area contributed by atoms with Gasteiger partial charge in [0.25, 0.3) is 0 Å². The first kappa shape index (κ1) is 36.2. The van der Waals surface area contributed by atoms with Crippen LogP contribution in [0.25, 0.3) is 0 Å². The van der Waals surface area contributed by atoms with E-state index in [2.05, 4.69) is 0 Å². The van der Waals surface area contributed by atoms with Gasteiger partial charge in [-0.3, -0.25) is 19.2 Å². The van der Waals surface area contributed by atoms with Crippen molar-refractivity contribution in [3.63, 3.8) is 0 Å². The first-order chi connectivity index (χ1) is 23.2. The Balaban J connectivity index is 1.27. The van der Waals surface area contributed by atoms with E-state index in [0.717, 1.165) is 11.1 Å². The Morgan fingerprint density at radius 1 is 0.667 bits per heavy atom. The van der Waals surface area contributed by atoms with E-state index in [9.17, 15) is 19.2 Å². The summed E-state index contributed by atoms with van der Waals surface area (Å²) in [5, 5.41) is 0. The van der Waals surface area contributed by atoms with Gasteiger partial charge in [-0.25, -0.2) is 4.39 Å². The molecule has 0 spiro atoms. The highest BCUT2D eigenvalue weighted by Gasteiger charge is 2.31. The van der Waals surface area contributed by atoms with E-state index < -0.39 is 17.8 Å². The highest BCUT2D eigenvalue weighted by Crippen LogP contribution is 2.39. The maximum absolute atomic E-state index is 15.6. The van der Waals surface area contributed by atoms with Crippen molar-refractivity contribution < 1.29 is 56.7 Å². The molecule has 262 valence electrons. The Morgan fingerprint density at radius 3 is 1.85 bits per heavy atom. The molecule has 4 rings (SSSR count). The summed E-state index contributed by atoms with van der Waals surface area (Å²) in [6.07, 6.45) is 0.390. The zero-order chi connectivity index (χ0) is 34.6. The van der Waals surface area contributed by atoms with Crippen molar-refractivity contribution in [1.29, 1.82) is 0 Å². The second-order valence-corrected chi connectivity index (χ2v) is 11.2. The van der Waals surface area contributed by atoms with E-state index in [4.69, 9.17) is 33.2 Å². The number of nitrogens with zero attached hydrogens (tertiary/aromatic N) is 2. The van der Waals surface area contributed by atoms with Gasteiger partial charge in [0.2, 0.25) is 11.8 Å². The molecule has 0 unspecified atom stereocenters. The number of ether oxygens (including phenoxy) is 7. The molecule has 2 aromatic rings. The average Bonchev–Trinajstić information content (AvgIpc) is 3.71. The molecule has 0 aliphatic carbocycles. The molecule has 13 nitrogen and oxygen atoms in total. The Kier molecular flexibility index (Phi) is 13.2. The molecule has 0 saturated carbocycles. The van der Waals surface area contributed by atoms with E-state index in [0.29, 0.717) is 42.1 Å². The molecule has 48 heavy (non-hydrogen) atoms. The topological polar surface area (TPSA) is 139 Å². The molecule has 0 bridgehead atoms. The summed E-state index contributed by atoms with van der Waals surface area (Å²) in [5.74, 6) is -0.727. The van der Waals surface area contributed by atoms with Crippen LogP contribution in [0.15, 0.2) is 18.2 Å². The Morgan fingerprint density at radius 2 is 1.23 bits per heavy atom. The molecule has 2 aliphatic rings. The summed E-state index contributed by atoms with van der Waals surface area (Å²) < 4.78 is 53.1. The molecule has 2 aromatic carbocycles. The minimum atomic E-state index is -0.596. The van der Waals surface area contributed by atoms with Crippen LogP contribution in [0.1, 0.15) is 61.3 Å². The van der Waals surface area contributed by atoms with Crippen LogP contribution in [0.4, 0.5) is 4.39 Å². The number of rotatable bonds is 18. The van der Waals surface area contributed by atoms with Crippen molar-refractivity contribution in [2.24, 2.45) is 0 Å². The molecule has 0 aromatic heterocycles. The smallest absolute Gasteiger partial charge is 0.306 e. The van der Waals surface area contributed by atoms with Crippen LogP contribution >= 0.6 is 0 Å². The first-order valence-corrected chi connectivity index (χ1v) is 15.9. The lowest BCUT2D eigenvalue weighted by Gasteiger charge is -2.15. The van der Waals surface area contributed by atoms with Gasteiger partial charge < -0.3 is 43.0 Å². The van der Waals surface area contributed by atoms with Crippen LogP contribution in [0.5, 0.6) is 23.0 Å². The van der Waals surface area contributed by atoms with Crippen LogP contribution in [0.2, 0.25) is 0 Å². The van der Waals surface area contributed by atoms with Gasteiger partial charge in [-0.05, 0) is 41.8 Å². The first-order valence-electron chi connectivity index (χ1n) is 15.9. The van der Waals surface area contributed by atoms with Gasteiger partial charge in [-0.15, -0.1) is 0 Å². The lowest BCUT2D eigenvalue weighted by Crippen LogP contribution is -2.26. The number of benzene rings is 2. The number of carbonyl (C=O) groups is 4. The Hall–Kier alpha value is -4.59. The molecular formula is C34H43FN2O11. The van der Waals surface area contributed by atoms with Crippen molar-refractivity contribution in [2.45, 2.75) is 65.2 Å². The SMILES string of the molecule is CCOC(=O)CCC(=O)N1Cc2cc(OC)c(OCCCOc3c(OC)cc4c(c3F)CN(C(=O)CCC(=O)OCCOC)C4)cc2C1. The maximum atomic E-state index is 15.6. The van der Waals surface area contributed by atoms with Gasteiger partial charge >= 0.3 is 11.9 Å². The van der Waals surface area contributed by atoms with Crippen molar-refractivity contribution in [1.82, 2.24) is 9.80 Å². The normalized spacial score (nSPS) is 13.1. The van der Waals surface area contributed by atoms with Crippen molar-refractivity contribution in [3.05, 3.63) is 46.3 Å².